The smallest absolute Gasteiger partial charge is 0.129 e. The maximum absolute atomic E-state index is 13.6. The lowest BCUT2D eigenvalue weighted by atomic mass is 10.0. The van der Waals surface area contributed by atoms with Gasteiger partial charge in [0, 0.05) is 11.8 Å². The number of halogens is 2. The van der Waals surface area contributed by atoms with E-state index >= 15 is 0 Å². The lowest BCUT2D eigenvalue weighted by Crippen LogP contribution is -2.30. The predicted molar refractivity (Wildman–Crippen MR) is 69.1 cm³/mol. The zero-order chi connectivity index (χ0) is 13.8. The van der Waals surface area contributed by atoms with E-state index in [9.17, 15) is 8.78 Å². The first kappa shape index (κ1) is 13.6. The molecule has 2 rings (SSSR count). The van der Waals surface area contributed by atoms with E-state index in [1.807, 2.05) is 25.1 Å². The van der Waals surface area contributed by atoms with Crippen LogP contribution in [0.3, 0.4) is 0 Å². The highest BCUT2D eigenvalue weighted by Gasteiger charge is 2.15. The minimum absolute atomic E-state index is 0.305. The van der Waals surface area contributed by atoms with Gasteiger partial charge in [-0.05, 0) is 37.1 Å². The lowest BCUT2D eigenvalue weighted by Gasteiger charge is -2.16. The minimum Gasteiger partial charge on any atom is -0.271 e. The number of rotatable bonds is 4. The largest absolute Gasteiger partial charge is 0.271 e. The number of hydrazine groups is 1. The van der Waals surface area contributed by atoms with Crippen molar-refractivity contribution in [3.05, 3.63) is 65.0 Å². The number of aryl methyl sites for hydroxylation is 1. The monoisotopic (exact) mass is 263 g/mol. The molecule has 0 amide bonds. The van der Waals surface area contributed by atoms with Crippen LogP contribution in [0.15, 0.2) is 36.4 Å². The molecule has 0 aliphatic heterocycles. The summed E-state index contributed by atoms with van der Waals surface area (Å²) in [4.78, 5) is 4.35. The first-order valence-corrected chi connectivity index (χ1v) is 5.94. The third kappa shape index (κ3) is 3.33. The van der Waals surface area contributed by atoms with Crippen LogP contribution in [-0.2, 0) is 6.42 Å². The van der Waals surface area contributed by atoms with Gasteiger partial charge in [0.15, 0.2) is 0 Å². The Morgan fingerprint density at radius 2 is 2.05 bits per heavy atom. The number of nitrogens with two attached hydrogens (primary N) is 1. The van der Waals surface area contributed by atoms with Gasteiger partial charge in [-0.25, -0.2) is 8.78 Å². The summed E-state index contributed by atoms with van der Waals surface area (Å²) in [6, 6.07) is 8.75. The van der Waals surface area contributed by atoms with Crippen molar-refractivity contribution in [2.24, 2.45) is 5.84 Å². The molecule has 0 radical (unpaired) electrons. The molecule has 3 nitrogen and oxygen atoms in total. The Hall–Kier alpha value is -1.85. The van der Waals surface area contributed by atoms with Gasteiger partial charge in [0.05, 0.1) is 11.7 Å². The Labute approximate surface area is 110 Å². The van der Waals surface area contributed by atoms with Crippen LogP contribution in [0.5, 0.6) is 0 Å². The van der Waals surface area contributed by atoms with Gasteiger partial charge >= 0.3 is 0 Å². The summed E-state index contributed by atoms with van der Waals surface area (Å²) in [5.41, 5.74) is 4.60. The molecule has 0 spiro atoms. The molecule has 1 atom stereocenters. The van der Waals surface area contributed by atoms with Crippen molar-refractivity contribution in [1.82, 2.24) is 10.4 Å². The topological polar surface area (TPSA) is 50.9 Å². The molecule has 5 heteroatoms. The maximum atomic E-state index is 13.6. The molecule has 1 heterocycles. The molecule has 0 saturated carbocycles. The average molecular weight is 263 g/mol. The van der Waals surface area contributed by atoms with Crippen molar-refractivity contribution in [3.8, 4) is 0 Å². The van der Waals surface area contributed by atoms with Crippen LogP contribution in [0.25, 0.3) is 0 Å². The molecular formula is C14H15F2N3. The van der Waals surface area contributed by atoms with E-state index < -0.39 is 11.6 Å². The van der Waals surface area contributed by atoms with Crippen LogP contribution >= 0.6 is 0 Å². The fourth-order valence-corrected chi connectivity index (χ4v) is 1.91. The number of hydrogen-bond donors (Lipinski definition) is 2. The lowest BCUT2D eigenvalue weighted by molar-refractivity contribution is 0.512. The van der Waals surface area contributed by atoms with Crippen LogP contribution < -0.4 is 11.3 Å². The second-order valence-electron chi connectivity index (χ2n) is 4.36. The molecular weight excluding hydrogens is 248 g/mol. The molecule has 0 fully saturated rings. The summed E-state index contributed by atoms with van der Waals surface area (Å²) >= 11 is 0. The Balaban J connectivity index is 2.24. The van der Waals surface area contributed by atoms with E-state index in [2.05, 4.69) is 10.4 Å². The number of benzene rings is 1. The molecule has 1 aromatic heterocycles. The molecule has 1 aromatic carbocycles. The van der Waals surface area contributed by atoms with Gasteiger partial charge in [-0.3, -0.25) is 16.3 Å². The van der Waals surface area contributed by atoms with Crippen molar-refractivity contribution < 1.29 is 8.78 Å². The third-order valence-corrected chi connectivity index (χ3v) is 2.91. The third-order valence-electron chi connectivity index (χ3n) is 2.91. The number of nitrogens with zero attached hydrogens (tertiary/aromatic N) is 1. The quantitative estimate of drug-likeness (QED) is 0.658. The summed E-state index contributed by atoms with van der Waals surface area (Å²) in [5.74, 6) is 4.33. The Morgan fingerprint density at radius 3 is 2.68 bits per heavy atom. The van der Waals surface area contributed by atoms with Crippen LogP contribution in [0.2, 0.25) is 0 Å². The van der Waals surface area contributed by atoms with Gasteiger partial charge in [-0.15, -0.1) is 0 Å². The van der Waals surface area contributed by atoms with E-state index in [1.165, 1.54) is 12.1 Å². The summed E-state index contributed by atoms with van der Waals surface area (Å²) in [7, 11) is 0. The fraction of sp³-hybridized carbons (Fsp3) is 0.214. The van der Waals surface area contributed by atoms with E-state index in [1.54, 1.807) is 0 Å². The molecule has 100 valence electrons. The van der Waals surface area contributed by atoms with Crippen molar-refractivity contribution in [3.63, 3.8) is 0 Å². The van der Waals surface area contributed by atoms with Gasteiger partial charge in [0.1, 0.15) is 11.6 Å². The Bertz CT molecular complexity index is 572. The second-order valence-corrected chi connectivity index (χ2v) is 4.36. The highest BCUT2D eigenvalue weighted by atomic mass is 19.1. The van der Waals surface area contributed by atoms with Gasteiger partial charge in [-0.1, -0.05) is 12.1 Å². The minimum atomic E-state index is -0.591. The summed E-state index contributed by atoms with van der Waals surface area (Å²) in [5, 5.41) is 0. The predicted octanol–water partition coefficient (Wildman–Crippen LogP) is 2.42. The SMILES string of the molecule is Cc1cccc(C(Cc2ccc(F)cc2F)NN)n1. The number of pyridine rings is 1. The summed E-state index contributed by atoms with van der Waals surface area (Å²) < 4.78 is 26.5. The van der Waals surface area contributed by atoms with Crippen LogP contribution in [0, 0.1) is 18.6 Å². The molecule has 0 aliphatic carbocycles. The number of aromatic nitrogens is 1. The highest BCUT2D eigenvalue weighted by Crippen LogP contribution is 2.19. The fourth-order valence-electron chi connectivity index (χ4n) is 1.91. The van der Waals surface area contributed by atoms with Crippen molar-refractivity contribution >= 4 is 0 Å². The molecule has 2 aromatic rings. The normalized spacial score (nSPS) is 12.4. The van der Waals surface area contributed by atoms with E-state index in [0.29, 0.717) is 12.0 Å². The van der Waals surface area contributed by atoms with Crippen molar-refractivity contribution in [2.75, 3.05) is 0 Å². The molecule has 0 bridgehead atoms. The first-order valence-electron chi connectivity index (χ1n) is 5.94. The number of hydrogen-bond acceptors (Lipinski definition) is 3. The Kier molecular flexibility index (Phi) is 4.19. The van der Waals surface area contributed by atoms with Crippen LogP contribution in [0.1, 0.15) is 23.0 Å². The van der Waals surface area contributed by atoms with Crippen molar-refractivity contribution in [1.29, 1.82) is 0 Å². The van der Waals surface area contributed by atoms with Gasteiger partial charge in [-0.2, -0.15) is 0 Å². The zero-order valence-corrected chi connectivity index (χ0v) is 10.5. The maximum Gasteiger partial charge on any atom is 0.129 e. The van der Waals surface area contributed by atoms with Crippen LogP contribution in [0.4, 0.5) is 8.78 Å². The van der Waals surface area contributed by atoms with Gasteiger partial charge < -0.3 is 0 Å². The summed E-state index contributed by atoms with van der Waals surface area (Å²) in [6.07, 6.45) is 0.305. The standard InChI is InChI=1S/C14H15F2N3/c1-9-3-2-4-13(18-9)14(19-17)7-10-5-6-11(15)8-12(10)16/h2-6,8,14,19H,7,17H2,1H3. The molecule has 19 heavy (non-hydrogen) atoms. The first-order chi connectivity index (χ1) is 9.10. The summed E-state index contributed by atoms with van der Waals surface area (Å²) in [6.45, 7) is 1.87. The van der Waals surface area contributed by atoms with Gasteiger partial charge in [0.2, 0.25) is 0 Å². The average Bonchev–Trinajstić information content (AvgIpc) is 2.38. The van der Waals surface area contributed by atoms with E-state index in [-0.39, 0.29) is 6.04 Å². The highest BCUT2D eigenvalue weighted by molar-refractivity contribution is 5.22. The molecule has 3 N–H and O–H groups in total. The Morgan fingerprint density at radius 1 is 1.26 bits per heavy atom. The molecule has 0 aliphatic rings. The second kappa shape index (κ2) is 5.86. The molecule has 0 saturated heterocycles. The van der Waals surface area contributed by atoms with Crippen LogP contribution in [-0.4, -0.2) is 4.98 Å². The number of nitrogens with one attached hydrogen (secondary N) is 1. The zero-order valence-electron chi connectivity index (χ0n) is 10.5. The van der Waals surface area contributed by atoms with E-state index in [0.717, 1.165) is 17.5 Å². The van der Waals surface area contributed by atoms with E-state index in [4.69, 9.17) is 5.84 Å². The van der Waals surface area contributed by atoms with Crippen molar-refractivity contribution in [2.45, 2.75) is 19.4 Å². The molecule has 1 unspecified atom stereocenters. The van der Waals surface area contributed by atoms with Gasteiger partial charge in [0.25, 0.3) is 0 Å².